The van der Waals surface area contributed by atoms with Gasteiger partial charge in [-0.2, -0.15) is 0 Å². The second kappa shape index (κ2) is 6.06. The van der Waals surface area contributed by atoms with E-state index >= 15 is 0 Å². The lowest BCUT2D eigenvalue weighted by Crippen LogP contribution is -2.53. The molecule has 1 atom stereocenters. The van der Waals surface area contributed by atoms with Crippen LogP contribution in [-0.4, -0.2) is 50.1 Å². The highest BCUT2D eigenvalue weighted by atomic mass is 16.5. The van der Waals surface area contributed by atoms with E-state index in [4.69, 9.17) is 4.74 Å². The average molecular weight is 365 g/mol. The van der Waals surface area contributed by atoms with E-state index in [1.165, 1.54) is 0 Å². The number of amides is 3. The molecule has 0 aliphatic carbocycles. The van der Waals surface area contributed by atoms with Gasteiger partial charge in [0.25, 0.3) is 5.91 Å². The van der Waals surface area contributed by atoms with Crippen LogP contribution in [0.2, 0.25) is 0 Å². The number of morpholine rings is 1. The number of hydrogen-bond donors (Lipinski definition) is 1. The normalized spacial score (nSPS) is 22.5. The van der Waals surface area contributed by atoms with Crippen LogP contribution in [0.15, 0.2) is 30.3 Å². The minimum absolute atomic E-state index is 0.175. The van der Waals surface area contributed by atoms with Crippen LogP contribution in [0.4, 0.5) is 11.4 Å². The van der Waals surface area contributed by atoms with Gasteiger partial charge in [0.15, 0.2) is 0 Å². The summed E-state index contributed by atoms with van der Waals surface area (Å²) in [5.74, 6) is -0.864. The number of hydrogen-bond acceptors (Lipinski definition) is 5. The SMILES string of the molecule is O=C1CCC(N2C(=O)c3cc(N4CCOCC4)cc4cccc2c34)C(=O)N1. The number of nitrogens with one attached hydrogen (secondary N) is 1. The van der Waals surface area contributed by atoms with Crippen molar-refractivity contribution in [2.75, 3.05) is 36.1 Å². The topological polar surface area (TPSA) is 79.0 Å². The van der Waals surface area contributed by atoms with Crippen molar-refractivity contribution in [3.63, 3.8) is 0 Å². The Kier molecular flexibility index (Phi) is 3.65. The van der Waals surface area contributed by atoms with E-state index in [0.29, 0.717) is 25.2 Å². The molecule has 1 N–H and O–H groups in total. The highest BCUT2D eigenvalue weighted by Gasteiger charge is 2.40. The van der Waals surface area contributed by atoms with Gasteiger partial charge in [0, 0.05) is 30.6 Å². The number of rotatable bonds is 2. The number of nitrogens with zero attached hydrogens (tertiary/aromatic N) is 2. The van der Waals surface area contributed by atoms with Crippen LogP contribution in [0.3, 0.4) is 0 Å². The molecule has 3 aliphatic rings. The molecule has 1 unspecified atom stereocenters. The standard InChI is InChI=1S/C20H19N3O4/c24-17-5-4-16(19(25)21-17)23-15-3-1-2-12-10-13(22-6-8-27-9-7-22)11-14(18(12)15)20(23)26/h1-3,10-11,16H,4-9H2,(H,21,24,25). The summed E-state index contributed by atoms with van der Waals surface area (Å²) in [7, 11) is 0. The van der Waals surface area contributed by atoms with Gasteiger partial charge in [0.2, 0.25) is 11.8 Å². The van der Waals surface area contributed by atoms with Crippen LogP contribution in [0.5, 0.6) is 0 Å². The lowest BCUT2D eigenvalue weighted by molar-refractivity contribution is -0.134. The maximum absolute atomic E-state index is 13.3. The largest absolute Gasteiger partial charge is 0.378 e. The molecule has 0 bridgehead atoms. The van der Waals surface area contributed by atoms with Gasteiger partial charge in [-0.15, -0.1) is 0 Å². The molecule has 5 rings (SSSR count). The summed E-state index contributed by atoms with van der Waals surface area (Å²) in [6.45, 7) is 2.92. The van der Waals surface area contributed by atoms with E-state index in [9.17, 15) is 14.4 Å². The quantitative estimate of drug-likeness (QED) is 0.815. The van der Waals surface area contributed by atoms with Gasteiger partial charge in [0.05, 0.1) is 24.5 Å². The van der Waals surface area contributed by atoms with Gasteiger partial charge < -0.3 is 9.64 Å². The Balaban J connectivity index is 1.59. The zero-order chi connectivity index (χ0) is 18.5. The first-order valence-electron chi connectivity index (χ1n) is 9.20. The third kappa shape index (κ3) is 2.49. The maximum atomic E-state index is 13.3. The van der Waals surface area contributed by atoms with E-state index in [0.717, 1.165) is 35.2 Å². The summed E-state index contributed by atoms with van der Waals surface area (Å²) in [6, 6.07) is 9.13. The van der Waals surface area contributed by atoms with Crippen molar-refractivity contribution in [1.82, 2.24) is 5.32 Å². The Morgan fingerprint density at radius 2 is 1.89 bits per heavy atom. The van der Waals surface area contributed by atoms with Crippen molar-refractivity contribution in [2.45, 2.75) is 18.9 Å². The number of carbonyl (C=O) groups is 3. The predicted molar refractivity (Wildman–Crippen MR) is 100.0 cm³/mol. The number of imide groups is 1. The molecule has 7 heteroatoms. The van der Waals surface area contributed by atoms with Crippen LogP contribution in [0, 0.1) is 0 Å². The number of benzene rings is 2. The fraction of sp³-hybridized carbons (Fsp3) is 0.350. The molecule has 7 nitrogen and oxygen atoms in total. The summed E-state index contributed by atoms with van der Waals surface area (Å²) < 4.78 is 5.42. The number of ether oxygens (including phenoxy) is 1. The lowest BCUT2D eigenvalue weighted by atomic mass is 10.0. The average Bonchev–Trinajstić information content (AvgIpc) is 2.96. The van der Waals surface area contributed by atoms with Gasteiger partial charge in [-0.1, -0.05) is 12.1 Å². The van der Waals surface area contributed by atoms with Crippen molar-refractivity contribution in [1.29, 1.82) is 0 Å². The Labute approximate surface area is 155 Å². The Bertz CT molecular complexity index is 981. The summed E-state index contributed by atoms with van der Waals surface area (Å²) in [5.41, 5.74) is 2.36. The first kappa shape index (κ1) is 16.3. The first-order chi connectivity index (χ1) is 13.1. The molecule has 2 aromatic rings. The summed E-state index contributed by atoms with van der Waals surface area (Å²) in [6.07, 6.45) is 0.586. The van der Waals surface area contributed by atoms with E-state index in [2.05, 4.69) is 16.3 Å². The van der Waals surface area contributed by atoms with Crippen LogP contribution >= 0.6 is 0 Å². The van der Waals surface area contributed by atoms with Gasteiger partial charge in [0.1, 0.15) is 6.04 Å². The molecule has 0 aromatic heterocycles. The highest BCUT2D eigenvalue weighted by Crippen LogP contribution is 2.41. The molecule has 27 heavy (non-hydrogen) atoms. The summed E-state index contributed by atoms with van der Waals surface area (Å²) in [5, 5.41) is 4.21. The van der Waals surface area contributed by atoms with Crippen molar-refractivity contribution >= 4 is 39.9 Å². The number of carbonyl (C=O) groups excluding carboxylic acids is 3. The maximum Gasteiger partial charge on any atom is 0.259 e. The zero-order valence-electron chi connectivity index (χ0n) is 14.7. The fourth-order valence-electron chi connectivity index (χ4n) is 4.24. The van der Waals surface area contributed by atoms with Gasteiger partial charge >= 0.3 is 0 Å². The second-order valence-electron chi connectivity index (χ2n) is 7.11. The molecule has 0 spiro atoms. The van der Waals surface area contributed by atoms with Crippen LogP contribution in [-0.2, 0) is 14.3 Å². The molecule has 3 heterocycles. The van der Waals surface area contributed by atoms with Crippen LogP contribution in [0.25, 0.3) is 10.8 Å². The molecule has 0 radical (unpaired) electrons. The minimum Gasteiger partial charge on any atom is -0.378 e. The molecular formula is C20H19N3O4. The molecule has 2 saturated heterocycles. The van der Waals surface area contributed by atoms with Gasteiger partial charge in [-0.3, -0.25) is 24.6 Å². The molecule has 2 fully saturated rings. The molecule has 2 aromatic carbocycles. The van der Waals surface area contributed by atoms with Crippen molar-refractivity contribution < 1.29 is 19.1 Å². The van der Waals surface area contributed by atoms with Gasteiger partial charge in [-0.25, -0.2) is 0 Å². The molecular weight excluding hydrogens is 346 g/mol. The van der Waals surface area contributed by atoms with E-state index < -0.39 is 11.9 Å². The van der Waals surface area contributed by atoms with E-state index in [-0.39, 0.29) is 18.2 Å². The summed E-state index contributed by atoms with van der Waals surface area (Å²) >= 11 is 0. The molecule has 0 saturated carbocycles. The highest BCUT2D eigenvalue weighted by molar-refractivity contribution is 6.27. The van der Waals surface area contributed by atoms with E-state index in [1.54, 1.807) is 4.90 Å². The Morgan fingerprint density at radius 1 is 1.07 bits per heavy atom. The van der Waals surface area contributed by atoms with Crippen LogP contribution < -0.4 is 15.1 Å². The third-order valence-corrected chi connectivity index (χ3v) is 5.55. The third-order valence-electron chi connectivity index (χ3n) is 5.55. The molecule has 138 valence electrons. The predicted octanol–water partition coefficient (Wildman–Crippen LogP) is 1.44. The molecule has 3 aliphatic heterocycles. The zero-order valence-corrected chi connectivity index (χ0v) is 14.7. The van der Waals surface area contributed by atoms with E-state index in [1.807, 2.05) is 24.3 Å². The minimum atomic E-state index is -0.653. The number of piperidine rings is 1. The van der Waals surface area contributed by atoms with Crippen LogP contribution in [0.1, 0.15) is 23.2 Å². The molecule has 3 amide bonds. The Morgan fingerprint density at radius 3 is 2.67 bits per heavy atom. The number of anilines is 2. The smallest absolute Gasteiger partial charge is 0.259 e. The van der Waals surface area contributed by atoms with Crippen molar-refractivity contribution in [3.8, 4) is 0 Å². The monoisotopic (exact) mass is 365 g/mol. The van der Waals surface area contributed by atoms with Crippen molar-refractivity contribution in [3.05, 3.63) is 35.9 Å². The fourth-order valence-corrected chi connectivity index (χ4v) is 4.24. The first-order valence-corrected chi connectivity index (χ1v) is 9.20. The lowest BCUT2D eigenvalue weighted by Gasteiger charge is -2.30. The van der Waals surface area contributed by atoms with Crippen molar-refractivity contribution in [2.24, 2.45) is 0 Å². The second-order valence-corrected chi connectivity index (χ2v) is 7.11. The van der Waals surface area contributed by atoms with Gasteiger partial charge in [-0.05, 0) is 30.0 Å². The Hall–Kier alpha value is -2.93. The summed E-state index contributed by atoms with van der Waals surface area (Å²) in [4.78, 5) is 40.9.